The number of hydrogen-bond acceptors (Lipinski definition) is 6. The average molecular weight is 324 g/mol. The third-order valence-electron chi connectivity index (χ3n) is 3.52. The predicted molar refractivity (Wildman–Crippen MR) is 82.1 cm³/mol. The van der Waals surface area contributed by atoms with E-state index in [1.165, 1.54) is 18.3 Å². The van der Waals surface area contributed by atoms with Gasteiger partial charge in [0.25, 0.3) is 0 Å². The molecule has 24 heavy (non-hydrogen) atoms. The minimum absolute atomic E-state index is 0.0110. The second-order valence-corrected chi connectivity index (χ2v) is 5.16. The first-order valence-electron chi connectivity index (χ1n) is 6.98. The van der Waals surface area contributed by atoms with Gasteiger partial charge in [-0.05, 0) is 29.8 Å². The molecule has 1 aromatic heterocycles. The van der Waals surface area contributed by atoms with E-state index in [9.17, 15) is 20.1 Å². The number of nitrogens with one attached hydrogen (secondary N) is 1. The highest BCUT2D eigenvalue weighted by molar-refractivity contribution is 5.92. The van der Waals surface area contributed by atoms with Crippen LogP contribution in [0.2, 0.25) is 0 Å². The Labute approximate surface area is 136 Å². The second-order valence-electron chi connectivity index (χ2n) is 5.16. The number of aromatic carboxylic acids is 1. The number of hydrogen-bond donors (Lipinski definition) is 3. The van der Waals surface area contributed by atoms with Crippen LogP contribution in [0.1, 0.15) is 15.9 Å². The summed E-state index contributed by atoms with van der Waals surface area (Å²) < 4.78 is 0. The molecule has 0 saturated carbocycles. The van der Waals surface area contributed by atoms with Crippen LogP contribution >= 0.6 is 0 Å². The van der Waals surface area contributed by atoms with Crippen molar-refractivity contribution in [2.45, 2.75) is 5.91 Å². The molecule has 7 nitrogen and oxygen atoms in total. The number of aromatic hydroxyl groups is 1. The van der Waals surface area contributed by atoms with Crippen LogP contribution in [0.25, 0.3) is 10.9 Å². The van der Waals surface area contributed by atoms with E-state index in [1.54, 1.807) is 24.3 Å². The molecule has 122 valence electrons. The normalized spacial score (nSPS) is 11.4. The fraction of sp³-hybridized carbons (Fsp3) is 0.0588. The van der Waals surface area contributed by atoms with Crippen molar-refractivity contribution < 1.29 is 25.2 Å². The molecule has 3 aromatic rings. The maximum Gasteiger partial charge on any atom is 0.339 e. The molecule has 0 aliphatic carbocycles. The summed E-state index contributed by atoms with van der Waals surface area (Å²) in [5.41, 5.74) is -0.254. The molecule has 0 fully saturated rings. The fourth-order valence-corrected chi connectivity index (χ4v) is 2.41. The van der Waals surface area contributed by atoms with Crippen LogP contribution in [-0.2, 0) is 5.91 Å². The zero-order valence-electron chi connectivity index (χ0n) is 12.3. The van der Waals surface area contributed by atoms with Crippen LogP contribution in [0, 0.1) is 0 Å². The van der Waals surface area contributed by atoms with Gasteiger partial charge in [0.2, 0.25) is 0 Å². The Morgan fingerprint density at radius 3 is 2.62 bits per heavy atom. The molecule has 0 unspecified atom stereocenters. The van der Waals surface area contributed by atoms with Crippen molar-refractivity contribution in [3.8, 4) is 5.75 Å². The number of aromatic nitrogens is 1. The van der Waals surface area contributed by atoms with Gasteiger partial charge in [0.05, 0.1) is 5.52 Å². The summed E-state index contributed by atoms with van der Waals surface area (Å²) in [6.45, 7) is 0. The Kier molecular flexibility index (Phi) is 3.80. The smallest absolute Gasteiger partial charge is 0.339 e. The molecule has 0 radical (unpaired) electrons. The van der Waals surface area contributed by atoms with E-state index in [0.717, 1.165) is 12.1 Å². The third-order valence-corrected chi connectivity index (χ3v) is 3.52. The summed E-state index contributed by atoms with van der Waals surface area (Å²) in [6, 6.07) is 11.5. The van der Waals surface area contributed by atoms with Crippen molar-refractivity contribution in [1.82, 2.24) is 4.98 Å². The van der Waals surface area contributed by atoms with Crippen molar-refractivity contribution in [3.63, 3.8) is 0 Å². The highest BCUT2D eigenvalue weighted by Gasteiger charge is 2.14. The monoisotopic (exact) mass is 324 g/mol. The lowest BCUT2D eigenvalue weighted by molar-refractivity contribution is -0.723. The summed E-state index contributed by atoms with van der Waals surface area (Å²) in [6.07, 6.45) is 1.48. The van der Waals surface area contributed by atoms with Crippen LogP contribution in [0.3, 0.4) is 0 Å². The molecule has 0 bridgehead atoms. The molecule has 7 heteroatoms. The van der Waals surface area contributed by atoms with Gasteiger partial charge in [0.15, 0.2) is 0 Å². The average Bonchev–Trinajstić information content (AvgIpc) is 2.55. The maximum absolute atomic E-state index is 12.5. The van der Waals surface area contributed by atoms with Gasteiger partial charge in [-0.3, -0.25) is 4.98 Å². The van der Waals surface area contributed by atoms with Crippen molar-refractivity contribution in [2.24, 2.45) is 0 Å². The van der Waals surface area contributed by atoms with Crippen LogP contribution in [-0.4, -0.2) is 21.2 Å². The van der Waals surface area contributed by atoms with Crippen molar-refractivity contribution >= 4 is 22.6 Å². The first-order chi connectivity index (χ1) is 11.4. The number of carboxylic acids is 1. The van der Waals surface area contributed by atoms with Gasteiger partial charge in [-0.2, -0.15) is 0 Å². The van der Waals surface area contributed by atoms with Gasteiger partial charge in [-0.25, -0.2) is 4.79 Å². The van der Waals surface area contributed by atoms with Crippen molar-refractivity contribution in [3.05, 3.63) is 65.9 Å². The number of rotatable bonds is 4. The number of fused-ring (bicyclic) bond motifs is 1. The Morgan fingerprint density at radius 1 is 1.12 bits per heavy atom. The number of benzene rings is 2. The summed E-state index contributed by atoms with van der Waals surface area (Å²) in [7, 11) is 0. The zero-order chi connectivity index (χ0) is 17.3. The molecule has 3 N–H and O–H groups in total. The maximum atomic E-state index is 12.5. The summed E-state index contributed by atoms with van der Waals surface area (Å²) in [5.74, 6) is -4.81. The molecule has 3 rings (SSSR count). The highest BCUT2D eigenvalue weighted by atomic mass is 16.5. The van der Waals surface area contributed by atoms with Crippen LogP contribution in [0.5, 0.6) is 5.75 Å². The van der Waals surface area contributed by atoms with Crippen molar-refractivity contribution in [2.75, 3.05) is 5.32 Å². The SMILES string of the molecule is O=C(O)c1cc(NC([O-])([O-])c2cccc3cccnc23)ccc1O. The van der Waals surface area contributed by atoms with E-state index in [4.69, 9.17) is 5.11 Å². The molecular weight excluding hydrogens is 312 g/mol. The number of pyridine rings is 1. The van der Waals surface area contributed by atoms with Crippen LogP contribution in [0.15, 0.2) is 54.7 Å². The number of phenols is 1. The third kappa shape index (κ3) is 2.85. The molecule has 0 saturated heterocycles. The van der Waals surface area contributed by atoms with E-state index in [-0.39, 0.29) is 16.8 Å². The van der Waals surface area contributed by atoms with E-state index >= 15 is 0 Å². The highest BCUT2D eigenvalue weighted by Crippen LogP contribution is 2.26. The first kappa shape index (κ1) is 15.7. The first-order valence-corrected chi connectivity index (χ1v) is 6.98. The molecule has 0 atom stereocenters. The number of carbonyl (C=O) groups is 1. The van der Waals surface area contributed by atoms with E-state index < -0.39 is 23.2 Å². The number of para-hydroxylation sites is 1. The molecule has 0 amide bonds. The summed E-state index contributed by atoms with van der Waals surface area (Å²) in [4.78, 5) is 15.1. The molecule has 1 heterocycles. The summed E-state index contributed by atoms with van der Waals surface area (Å²) >= 11 is 0. The Bertz CT molecular complexity index is 919. The largest absolute Gasteiger partial charge is 0.844 e. The Morgan fingerprint density at radius 2 is 1.88 bits per heavy atom. The quantitative estimate of drug-likeness (QED) is 0.473. The fourth-order valence-electron chi connectivity index (χ4n) is 2.41. The van der Waals surface area contributed by atoms with Crippen LogP contribution < -0.4 is 15.5 Å². The van der Waals surface area contributed by atoms with Crippen molar-refractivity contribution in [1.29, 1.82) is 0 Å². The minimum Gasteiger partial charge on any atom is -0.844 e. The lowest BCUT2D eigenvalue weighted by Gasteiger charge is -2.50. The van der Waals surface area contributed by atoms with Crippen LogP contribution in [0.4, 0.5) is 5.69 Å². The van der Waals surface area contributed by atoms with Gasteiger partial charge in [0.1, 0.15) is 11.3 Å². The van der Waals surface area contributed by atoms with E-state index in [2.05, 4.69) is 10.3 Å². The topological polar surface area (TPSA) is 129 Å². The van der Waals surface area contributed by atoms with E-state index in [0.29, 0.717) is 5.39 Å². The second kappa shape index (κ2) is 5.80. The molecule has 0 spiro atoms. The zero-order valence-corrected chi connectivity index (χ0v) is 12.3. The van der Waals surface area contributed by atoms with Gasteiger partial charge in [0, 0.05) is 17.3 Å². The molecule has 0 aliphatic heterocycles. The van der Waals surface area contributed by atoms with Gasteiger partial charge in [-0.1, -0.05) is 30.2 Å². The molecular formula is C17H12N2O5-2. The predicted octanol–water partition coefficient (Wildman–Crippen LogP) is 0.582. The Balaban J connectivity index is 2.02. The molecule has 2 aromatic carbocycles. The standard InChI is InChI=1S/C17H12N2O5/c20-14-7-6-11(9-12(14)16(21)22)19-17(23,24)13-5-1-3-10-4-2-8-18-15(10)13/h1-9,19-20H,(H,21,22)/q-2. The molecule has 0 aliphatic rings. The van der Waals surface area contributed by atoms with Gasteiger partial charge < -0.3 is 25.7 Å². The lowest BCUT2D eigenvalue weighted by atomic mass is 10.1. The minimum atomic E-state index is -2.99. The number of carboxylic acid groups (broad SMARTS) is 1. The Hall–Kier alpha value is -3.16. The lowest BCUT2D eigenvalue weighted by Crippen LogP contribution is -2.59. The van der Waals surface area contributed by atoms with Gasteiger partial charge in [-0.15, -0.1) is 0 Å². The number of anilines is 1. The summed E-state index contributed by atoms with van der Waals surface area (Å²) in [5, 5.41) is 46.4. The number of nitrogens with zero attached hydrogens (tertiary/aromatic N) is 1. The van der Waals surface area contributed by atoms with E-state index in [1.807, 2.05) is 0 Å². The van der Waals surface area contributed by atoms with Gasteiger partial charge >= 0.3 is 5.97 Å².